The third kappa shape index (κ3) is 1.97. The first-order chi connectivity index (χ1) is 4.84. The van der Waals surface area contributed by atoms with Crippen molar-refractivity contribution in [2.45, 2.75) is 6.04 Å². The van der Waals surface area contributed by atoms with Crippen molar-refractivity contribution in [3.63, 3.8) is 0 Å². The minimum absolute atomic E-state index is 0.716. The highest BCUT2D eigenvalue weighted by Gasteiger charge is 2.19. The average molecular weight is 161 g/mol. The van der Waals surface area contributed by atoms with Gasteiger partial charge in [0.15, 0.2) is 0 Å². The third-order valence-corrected chi connectivity index (χ3v) is 2.04. The van der Waals surface area contributed by atoms with Gasteiger partial charge in [0.2, 0.25) is 0 Å². The summed E-state index contributed by atoms with van der Waals surface area (Å²) in [5.74, 6) is 0. The van der Waals surface area contributed by atoms with E-state index in [9.17, 15) is 0 Å². The molecule has 0 amide bonds. The van der Waals surface area contributed by atoms with E-state index in [0.717, 1.165) is 19.6 Å². The Morgan fingerprint density at radius 1 is 1.70 bits per heavy atom. The molecule has 0 unspecified atom stereocenters. The number of nitrogens with one attached hydrogen (secondary N) is 1. The summed E-state index contributed by atoms with van der Waals surface area (Å²) in [4.78, 5) is 2.29. The summed E-state index contributed by atoms with van der Waals surface area (Å²) in [6.45, 7) is 3.19. The lowest BCUT2D eigenvalue weighted by atomic mass is 10.1. The third-order valence-electron chi connectivity index (χ3n) is 1.87. The van der Waals surface area contributed by atoms with Crippen LogP contribution in [0.25, 0.3) is 0 Å². The highest BCUT2D eigenvalue weighted by atomic mass is 35.5. The summed E-state index contributed by atoms with van der Waals surface area (Å²) in [6.07, 6.45) is 1.96. The highest BCUT2D eigenvalue weighted by Crippen LogP contribution is 2.01. The Bertz CT molecular complexity index is 121. The predicted molar refractivity (Wildman–Crippen MR) is 44.3 cm³/mol. The van der Waals surface area contributed by atoms with Crippen molar-refractivity contribution in [3.8, 4) is 0 Å². The molecular weight excluding hydrogens is 148 g/mol. The molecule has 1 N–H and O–H groups in total. The molecule has 0 aromatic carbocycles. The van der Waals surface area contributed by atoms with Crippen LogP contribution in [0.2, 0.25) is 0 Å². The number of rotatable bonds is 3. The van der Waals surface area contributed by atoms with E-state index in [4.69, 9.17) is 11.6 Å². The molecule has 58 valence electrons. The summed E-state index contributed by atoms with van der Waals surface area (Å²) in [5.41, 5.74) is 1.57. The van der Waals surface area contributed by atoms with Crippen molar-refractivity contribution in [1.29, 1.82) is 0 Å². The largest absolute Gasteiger partial charge is 0.314 e. The summed E-state index contributed by atoms with van der Waals surface area (Å²) in [7, 11) is 2.11. The highest BCUT2D eigenvalue weighted by molar-refractivity contribution is 6.25. The Morgan fingerprint density at radius 2 is 2.40 bits per heavy atom. The summed E-state index contributed by atoms with van der Waals surface area (Å²) in [6, 6.07) is 0.716. The summed E-state index contributed by atoms with van der Waals surface area (Å²) < 4.78 is 0. The maximum absolute atomic E-state index is 5.39. The minimum Gasteiger partial charge on any atom is -0.314 e. The molecule has 3 heteroatoms. The van der Waals surface area contributed by atoms with Gasteiger partial charge in [0, 0.05) is 31.2 Å². The van der Waals surface area contributed by atoms with Crippen LogP contribution in [0.3, 0.4) is 0 Å². The van der Waals surface area contributed by atoms with Gasteiger partial charge in [-0.25, -0.2) is 0 Å². The van der Waals surface area contributed by atoms with Crippen molar-refractivity contribution in [1.82, 2.24) is 10.2 Å². The van der Waals surface area contributed by atoms with E-state index in [2.05, 4.69) is 17.3 Å². The molecule has 0 spiro atoms. The molecule has 0 radical (unpaired) electrons. The average Bonchev–Trinajstić information content (AvgIpc) is 1.79. The Labute approximate surface area is 66.8 Å². The van der Waals surface area contributed by atoms with Crippen molar-refractivity contribution in [3.05, 3.63) is 11.6 Å². The van der Waals surface area contributed by atoms with Crippen molar-refractivity contribution < 1.29 is 0 Å². The fraction of sp³-hybridized carbons (Fsp3) is 0.714. The molecule has 0 aromatic heterocycles. The van der Waals surface area contributed by atoms with Crippen LogP contribution in [0.5, 0.6) is 0 Å². The van der Waals surface area contributed by atoms with Crippen LogP contribution < -0.4 is 5.32 Å². The Kier molecular flexibility index (Phi) is 3.19. The SMILES string of the molecule is CN(CC=CCl)C1CNC1. The lowest BCUT2D eigenvalue weighted by molar-refractivity contribution is 0.197. The van der Waals surface area contributed by atoms with Crippen LogP contribution >= 0.6 is 11.6 Å². The molecule has 1 fully saturated rings. The lowest BCUT2D eigenvalue weighted by Crippen LogP contribution is -2.55. The second-order valence-corrected chi connectivity index (χ2v) is 2.87. The van der Waals surface area contributed by atoms with Crippen LogP contribution in [0, 0.1) is 0 Å². The molecule has 0 bridgehead atoms. The van der Waals surface area contributed by atoms with Crippen LogP contribution in [0.1, 0.15) is 0 Å². The maximum Gasteiger partial charge on any atom is 0.0345 e. The van der Waals surface area contributed by atoms with E-state index in [1.54, 1.807) is 5.54 Å². The predicted octanol–water partition coefficient (Wildman–Crippen LogP) is 0.643. The fourth-order valence-electron chi connectivity index (χ4n) is 0.940. The van der Waals surface area contributed by atoms with Crippen molar-refractivity contribution in [2.75, 3.05) is 26.7 Å². The minimum atomic E-state index is 0.716. The molecule has 1 heterocycles. The van der Waals surface area contributed by atoms with Gasteiger partial charge in [0.1, 0.15) is 0 Å². The van der Waals surface area contributed by atoms with Gasteiger partial charge in [0.25, 0.3) is 0 Å². The summed E-state index contributed by atoms with van der Waals surface area (Å²) >= 11 is 5.39. The quantitative estimate of drug-likeness (QED) is 0.652. The second kappa shape index (κ2) is 3.96. The van der Waals surface area contributed by atoms with Crippen LogP contribution in [-0.4, -0.2) is 37.6 Å². The molecular formula is C7H13ClN2. The molecule has 1 saturated heterocycles. The standard InChI is InChI=1S/C7H13ClN2/c1-10(4-2-3-8)7-5-9-6-7/h2-3,7,9H,4-6H2,1H3. The molecule has 0 aliphatic carbocycles. The van der Waals surface area contributed by atoms with E-state index in [1.165, 1.54) is 0 Å². The molecule has 0 aromatic rings. The number of hydrogen-bond donors (Lipinski definition) is 1. The Hall–Kier alpha value is -0.0500. The first kappa shape index (κ1) is 8.05. The zero-order chi connectivity index (χ0) is 7.40. The van der Waals surface area contributed by atoms with E-state index in [-0.39, 0.29) is 0 Å². The fourth-order valence-corrected chi connectivity index (χ4v) is 1.02. The number of hydrogen-bond acceptors (Lipinski definition) is 2. The first-order valence-corrected chi connectivity index (χ1v) is 3.94. The van der Waals surface area contributed by atoms with Gasteiger partial charge in [-0.1, -0.05) is 17.7 Å². The van der Waals surface area contributed by atoms with Crippen LogP contribution in [0.4, 0.5) is 0 Å². The second-order valence-electron chi connectivity index (χ2n) is 2.61. The first-order valence-electron chi connectivity index (χ1n) is 3.51. The van der Waals surface area contributed by atoms with Gasteiger partial charge in [-0.2, -0.15) is 0 Å². The molecule has 2 nitrogen and oxygen atoms in total. The van der Waals surface area contributed by atoms with Crippen molar-refractivity contribution >= 4 is 11.6 Å². The smallest absolute Gasteiger partial charge is 0.0345 e. The van der Waals surface area contributed by atoms with Crippen LogP contribution in [0.15, 0.2) is 11.6 Å². The van der Waals surface area contributed by atoms with Crippen LogP contribution in [-0.2, 0) is 0 Å². The maximum atomic E-state index is 5.39. The number of halogens is 1. The molecule has 1 aliphatic heterocycles. The van der Waals surface area contributed by atoms with E-state index < -0.39 is 0 Å². The zero-order valence-electron chi connectivity index (χ0n) is 6.18. The van der Waals surface area contributed by atoms with Gasteiger partial charge in [0.05, 0.1) is 0 Å². The lowest BCUT2D eigenvalue weighted by Gasteiger charge is -2.34. The monoisotopic (exact) mass is 160 g/mol. The number of likely N-dealkylation sites (N-methyl/N-ethyl adjacent to an activating group) is 1. The van der Waals surface area contributed by atoms with Gasteiger partial charge in [-0.05, 0) is 7.05 Å². The van der Waals surface area contributed by atoms with E-state index in [1.807, 2.05) is 6.08 Å². The van der Waals surface area contributed by atoms with E-state index in [0.29, 0.717) is 6.04 Å². The number of nitrogens with zero attached hydrogens (tertiary/aromatic N) is 1. The Morgan fingerprint density at radius 3 is 2.80 bits per heavy atom. The zero-order valence-corrected chi connectivity index (χ0v) is 6.93. The molecule has 0 saturated carbocycles. The van der Waals surface area contributed by atoms with Gasteiger partial charge >= 0.3 is 0 Å². The molecule has 10 heavy (non-hydrogen) atoms. The molecule has 0 atom stereocenters. The van der Waals surface area contributed by atoms with E-state index >= 15 is 0 Å². The van der Waals surface area contributed by atoms with Gasteiger partial charge < -0.3 is 5.32 Å². The van der Waals surface area contributed by atoms with Gasteiger partial charge in [-0.3, -0.25) is 4.90 Å². The Balaban J connectivity index is 2.13. The molecule has 1 rings (SSSR count). The van der Waals surface area contributed by atoms with Gasteiger partial charge in [-0.15, -0.1) is 0 Å². The molecule has 1 aliphatic rings. The normalized spacial score (nSPS) is 20.3. The van der Waals surface area contributed by atoms with Crippen molar-refractivity contribution in [2.24, 2.45) is 0 Å². The summed E-state index contributed by atoms with van der Waals surface area (Å²) in [5, 5.41) is 3.22. The topological polar surface area (TPSA) is 15.3 Å².